The quantitative estimate of drug-likeness (QED) is 0.552. The van der Waals surface area contributed by atoms with E-state index in [4.69, 9.17) is 5.73 Å². The van der Waals surface area contributed by atoms with E-state index in [1.807, 2.05) is 24.0 Å². The zero-order chi connectivity index (χ0) is 11.7. The first-order chi connectivity index (χ1) is 7.06. The number of thioether (sulfide) groups is 1. The lowest BCUT2D eigenvalue weighted by molar-refractivity contribution is -0.119. The second-order valence-electron chi connectivity index (χ2n) is 3.18. The maximum atomic E-state index is 11.0. The molecule has 6 heteroatoms. The fourth-order valence-electron chi connectivity index (χ4n) is 0.955. The second-order valence-corrected chi connectivity index (χ2v) is 4.57. The molecular weight excluding hydrogens is 214 g/mol. The van der Waals surface area contributed by atoms with Gasteiger partial charge >= 0.3 is 6.03 Å². The highest BCUT2D eigenvalue weighted by Crippen LogP contribution is 2.03. The molecule has 1 atom stereocenters. The number of amides is 3. The van der Waals surface area contributed by atoms with Crippen molar-refractivity contribution in [3.05, 3.63) is 0 Å². The third kappa shape index (κ3) is 9.55. The SMILES string of the molecule is CCSCCC(C)NCC(=O)NC(N)=O. The van der Waals surface area contributed by atoms with Crippen LogP contribution in [0.1, 0.15) is 20.3 Å². The molecule has 5 nitrogen and oxygen atoms in total. The highest BCUT2D eigenvalue weighted by Gasteiger charge is 2.06. The number of imide groups is 1. The Balaban J connectivity index is 3.48. The van der Waals surface area contributed by atoms with Crippen LogP contribution in [0.4, 0.5) is 4.79 Å². The predicted octanol–water partition coefficient (Wildman–Crippen LogP) is 0.303. The molecule has 15 heavy (non-hydrogen) atoms. The van der Waals surface area contributed by atoms with Gasteiger partial charge in [-0.25, -0.2) is 4.79 Å². The average Bonchev–Trinajstić information content (AvgIpc) is 2.14. The fourth-order valence-corrected chi connectivity index (χ4v) is 1.76. The monoisotopic (exact) mass is 233 g/mol. The van der Waals surface area contributed by atoms with Gasteiger partial charge in [-0.15, -0.1) is 0 Å². The van der Waals surface area contributed by atoms with E-state index in [2.05, 4.69) is 12.2 Å². The van der Waals surface area contributed by atoms with Crippen LogP contribution in [0, 0.1) is 0 Å². The van der Waals surface area contributed by atoms with E-state index in [-0.39, 0.29) is 12.6 Å². The molecule has 0 aliphatic carbocycles. The molecule has 0 saturated carbocycles. The van der Waals surface area contributed by atoms with Gasteiger partial charge in [-0.3, -0.25) is 10.1 Å². The highest BCUT2D eigenvalue weighted by atomic mass is 32.2. The number of carbonyl (C=O) groups excluding carboxylic acids is 2. The number of hydrogen-bond donors (Lipinski definition) is 3. The van der Waals surface area contributed by atoms with Crippen molar-refractivity contribution in [1.82, 2.24) is 10.6 Å². The summed E-state index contributed by atoms with van der Waals surface area (Å²) in [5, 5.41) is 5.01. The minimum Gasteiger partial charge on any atom is -0.351 e. The molecule has 88 valence electrons. The molecule has 0 rings (SSSR count). The van der Waals surface area contributed by atoms with Gasteiger partial charge in [0.25, 0.3) is 0 Å². The van der Waals surface area contributed by atoms with Crippen molar-refractivity contribution in [2.24, 2.45) is 5.73 Å². The molecule has 4 N–H and O–H groups in total. The Bertz CT molecular complexity index is 212. The van der Waals surface area contributed by atoms with Gasteiger partial charge in [-0.1, -0.05) is 6.92 Å². The summed E-state index contributed by atoms with van der Waals surface area (Å²) in [6, 6.07) is -0.543. The number of nitrogens with one attached hydrogen (secondary N) is 2. The normalized spacial score (nSPS) is 12.1. The fraction of sp³-hybridized carbons (Fsp3) is 0.778. The molecule has 0 heterocycles. The van der Waals surface area contributed by atoms with Gasteiger partial charge in [0.15, 0.2) is 0 Å². The average molecular weight is 233 g/mol. The number of urea groups is 1. The van der Waals surface area contributed by atoms with Gasteiger partial charge < -0.3 is 11.1 Å². The van der Waals surface area contributed by atoms with Crippen molar-refractivity contribution >= 4 is 23.7 Å². The van der Waals surface area contributed by atoms with Crippen molar-refractivity contribution in [2.75, 3.05) is 18.1 Å². The zero-order valence-electron chi connectivity index (χ0n) is 9.21. The van der Waals surface area contributed by atoms with Gasteiger partial charge in [0.05, 0.1) is 6.54 Å². The summed E-state index contributed by atoms with van der Waals surface area (Å²) < 4.78 is 0. The highest BCUT2D eigenvalue weighted by molar-refractivity contribution is 7.99. The lowest BCUT2D eigenvalue weighted by Gasteiger charge is -2.12. The Morgan fingerprint density at radius 3 is 2.67 bits per heavy atom. The van der Waals surface area contributed by atoms with Crippen LogP contribution >= 0.6 is 11.8 Å². The summed E-state index contributed by atoms with van der Waals surface area (Å²) in [6.07, 6.45) is 1.00. The topological polar surface area (TPSA) is 84.2 Å². The van der Waals surface area contributed by atoms with E-state index < -0.39 is 11.9 Å². The Hall–Kier alpha value is -0.750. The van der Waals surface area contributed by atoms with Gasteiger partial charge in [-0.05, 0) is 24.9 Å². The van der Waals surface area contributed by atoms with Crippen LogP contribution in [0.2, 0.25) is 0 Å². The molecule has 0 aromatic rings. The first-order valence-electron chi connectivity index (χ1n) is 4.96. The van der Waals surface area contributed by atoms with Gasteiger partial charge in [0.1, 0.15) is 0 Å². The molecule has 0 aromatic heterocycles. The van der Waals surface area contributed by atoms with Crippen LogP contribution in [0.3, 0.4) is 0 Å². The Morgan fingerprint density at radius 2 is 2.13 bits per heavy atom. The Kier molecular flexibility index (Phi) is 8.12. The maximum absolute atomic E-state index is 11.0. The Morgan fingerprint density at radius 1 is 1.47 bits per heavy atom. The third-order valence-electron chi connectivity index (χ3n) is 1.77. The number of carbonyl (C=O) groups is 2. The van der Waals surface area contributed by atoms with Crippen LogP contribution in [-0.4, -0.2) is 36.0 Å². The van der Waals surface area contributed by atoms with Crippen molar-refractivity contribution in [3.63, 3.8) is 0 Å². The number of rotatable bonds is 7. The predicted molar refractivity (Wildman–Crippen MR) is 62.8 cm³/mol. The first-order valence-corrected chi connectivity index (χ1v) is 6.12. The lowest BCUT2D eigenvalue weighted by Crippen LogP contribution is -2.42. The number of primary amides is 1. The maximum Gasteiger partial charge on any atom is 0.318 e. The molecule has 0 aliphatic heterocycles. The molecule has 0 saturated heterocycles. The standard InChI is InChI=1S/C9H19N3O2S/c1-3-15-5-4-7(2)11-6-8(13)12-9(10)14/h7,11H,3-6H2,1-2H3,(H3,10,12,13,14). The third-order valence-corrected chi connectivity index (χ3v) is 2.71. The second kappa shape index (κ2) is 8.55. The van der Waals surface area contributed by atoms with E-state index in [1.54, 1.807) is 0 Å². The van der Waals surface area contributed by atoms with Gasteiger partial charge in [-0.2, -0.15) is 11.8 Å². The van der Waals surface area contributed by atoms with E-state index in [0.717, 1.165) is 17.9 Å². The van der Waals surface area contributed by atoms with E-state index >= 15 is 0 Å². The van der Waals surface area contributed by atoms with Crippen LogP contribution in [0.25, 0.3) is 0 Å². The van der Waals surface area contributed by atoms with Crippen molar-refractivity contribution < 1.29 is 9.59 Å². The van der Waals surface area contributed by atoms with Crippen molar-refractivity contribution in [2.45, 2.75) is 26.3 Å². The molecule has 0 aliphatic rings. The van der Waals surface area contributed by atoms with Crippen LogP contribution in [0.15, 0.2) is 0 Å². The Labute approximate surface area is 94.5 Å². The van der Waals surface area contributed by atoms with Gasteiger partial charge in [0, 0.05) is 6.04 Å². The summed E-state index contributed by atoms with van der Waals surface area (Å²) >= 11 is 1.87. The van der Waals surface area contributed by atoms with Crippen LogP contribution < -0.4 is 16.4 Å². The largest absolute Gasteiger partial charge is 0.351 e. The molecule has 0 aromatic carbocycles. The van der Waals surface area contributed by atoms with Crippen LogP contribution in [-0.2, 0) is 4.79 Å². The van der Waals surface area contributed by atoms with Crippen LogP contribution in [0.5, 0.6) is 0 Å². The summed E-state index contributed by atoms with van der Waals surface area (Å²) in [5.74, 6) is 1.79. The molecule has 0 spiro atoms. The molecule has 3 amide bonds. The summed E-state index contributed by atoms with van der Waals surface area (Å²) in [7, 11) is 0. The van der Waals surface area contributed by atoms with E-state index in [0.29, 0.717) is 0 Å². The minimum absolute atomic E-state index is 0.126. The van der Waals surface area contributed by atoms with Gasteiger partial charge in [0.2, 0.25) is 5.91 Å². The lowest BCUT2D eigenvalue weighted by atomic mass is 10.2. The summed E-state index contributed by atoms with van der Waals surface area (Å²) in [4.78, 5) is 21.3. The molecule has 0 radical (unpaired) electrons. The molecule has 1 unspecified atom stereocenters. The number of nitrogens with two attached hydrogens (primary N) is 1. The number of hydrogen-bond acceptors (Lipinski definition) is 4. The molecule has 0 fully saturated rings. The smallest absolute Gasteiger partial charge is 0.318 e. The first kappa shape index (κ1) is 14.2. The molecule has 0 bridgehead atoms. The summed E-state index contributed by atoms with van der Waals surface area (Å²) in [5.41, 5.74) is 4.80. The van der Waals surface area contributed by atoms with Crippen molar-refractivity contribution in [1.29, 1.82) is 0 Å². The van der Waals surface area contributed by atoms with E-state index in [9.17, 15) is 9.59 Å². The summed E-state index contributed by atoms with van der Waals surface area (Å²) in [6.45, 7) is 4.25. The minimum atomic E-state index is -0.809. The molecular formula is C9H19N3O2S. The van der Waals surface area contributed by atoms with Crippen molar-refractivity contribution in [3.8, 4) is 0 Å². The van der Waals surface area contributed by atoms with E-state index in [1.165, 1.54) is 0 Å². The zero-order valence-corrected chi connectivity index (χ0v) is 10.0.